The molecule has 5 nitrogen and oxygen atoms in total. The fourth-order valence-electron chi connectivity index (χ4n) is 1.23. The van der Waals surface area contributed by atoms with Gasteiger partial charge in [-0.15, -0.1) is 0 Å². The molecule has 0 fully saturated rings. The Balaban J connectivity index is 2.93. The summed E-state index contributed by atoms with van der Waals surface area (Å²) in [6.45, 7) is 1.76. The van der Waals surface area contributed by atoms with Gasteiger partial charge >= 0.3 is 5.97 Å². The molecule has 94 valence electrons. The zero-order valence-electron chi connectivity index (χ0n) is 10.1. The lowest BCUT2D eigenvalue weighted by Gasteiger charge is -2.11. The molecule has 0 heterocycles. The van der Waals surface area contributed by atoms with E-state index in [1.807, 2.05) is 0 Å². The largest absolute Gasteiger partial charge is 0.497 e. The van der Waals surface area contributed by atoms with E-state index in [1.54, 1.807) is 19.1 Å². The molecule has 0 aromatic heterocycles. The van der Waals surface area contributed by atoms with Crippen molar-refractivity contribution >= 4 is 5.97 Å². The standard InChI is InChI=1S/C12H16O5/c1-8(13)7-17-11-5-9(12(14)16-3)4-10(6-11)15-2/h4-6,8,13H,7H2,1-3H3/t8-/m1/s1. The molecule has 0 saturated carbocycles. The molecule has 0 amide bonds. The lowest BCUT2D eigenvalue weighted by molar-refractivity contribution is 0.0599. The number of rotatable bonds is 5. The van der Waals surface area contributed by atoms with E-state index >= 15 is 0 Å². The van der Waals surface area contributed by atoms with Crippen LogP contribution in [0.5, 0.6) is 11.5 Å². The molecule has 0 aliphatic heterocycles. The Morgan fingerprint density at radius 3 is 2.47 bits per heavy atom. The number of aliphatic hydroxyl groups is 1. The number of methoxy groups -OCH3 is 2. The summed E-state index contributed by atoms with van der Waals surface area (Å²) < 4.78 is 15.0. The molecule has 0 spiro atoms. The predicted molar refractivity (Wildman–Crippen MR) is 61.5 cm³/mol. The van der Waals surface area contributed by atoms with Crippen molar-refractivity contribution in [1.29, 1.82) is 0 Å². The smallest absolute Gasteiger partial charge is 0.338 e. The lowest BCUT2D eigenvalue weighted by atomic mass is 10.2. The van der Waals surface area contributed by atoms with E-state index in [0.29, 0.717) is 17.1 Å². The Labute approximate surface area is 99.9 Å². The average molecular weight is 240 g/mol. The van der Waals surface area contributed by atoms with Crippen molar-refractivity contribution in [2.75, 3.05) is 20.8 Å². The van der Waals surface area contributed by atoms with Gasteiger partial charge in [0.2, 0.25) is 0 Å². The van der Waals surface area contributed by atoms with Gasteiger partial charge in [0.1, 0.15) is 18.1 Å². The Morgan fingerprint density at radius 1 is 1.29 bits per heavy atom. The molecule has 1 aromatic carbocycles. The van der Waals surface area contributed by atoms with Gasteiger partial charge in [-0.05, 0) is 19.1 Å². The first kappa shape index (κ1) is 13.3. The maximum Gasteiger partial charge on any atom is 0.338 e. The maximum atomic E-state index is 11.4. The number of carbonyl (C=O) groups is 1. The summed E-state index contributed by atoms with van der Waals surface area (Å²) in [6.07, 6.45) is -0.581. The van der Waals surface area contributed by atoms with Crippen LogP contribution >= 0.6 is 0 Å². The summed E-state index contributed by atoms with van der Waals surface area (Å²) >= 11 is 0. The van der Waals surface area contributed by atoms with E-state index in [4.69, 9.17) is 14.6 Å². The Hall–Kier alpha value is -1.75. The first-order valence-electron chi connectivity index (χ1n) is 5.15. The molecule has 17 heavy (non-hydrogen) atoms. The third-order valence-electron chi connectivity index (χ3n) is 2.03. The Morgan fingerprint density at radius 2 is 1.94 bits per heavy atom. The van der Waals surface area contributed by atoms with Gasteiger partial charge in [0.25, 0.3) is 0 Å². The summed E-state index contributed by atoms with van der Waals surface area (Å²) in [7, 11) is 2.80. The van der Waals surface area contributed by atoms with Crippen molar-refractivity contribution in [1.82, 2.24) is 0 Å². The van der Waals surface area contributed by atoms with Crippen LogP contribution in [-0.4, -0.2) is 38.0 Å². The number of hydrogen-bond donors (Lipinski definition) is 1. The highest BCUT2D eigenvalue weighted by Crippen LogP contribution is 2.23. The summed E-state index contributed by atoms with van der Waals surface area (Å²) in [5.41, 5.74) is 0.340. The van der Waals surface area contributed by atoms with E-state index < -0.39 is 12.1 Å². The van der Waals surface area contributed by atoms with Crippen LogP contribution in [0, 0.1) is 0 Å². The normalized spacial score (nSPS) is 11.8. The van der Waals surface area contributed by atoms with E-state index in [-0.39, 0.29) is 6.61 Å². The average Bonchev–Trinajstić information content (AvgIpc) is 2.34. The van der Waals surface area contributed by atoms with Gasteiger partial charge in [-0.2, -0.15) is 0 Å². The highest BCUT2D eigenvalue weighted by atomic mass is 16.5. The molecule has 0 radical (unpaired) electrons. The molecule has 1 atom stereocenters. The SMILES string of the molecule is COC(=O)c1cc(OC)cc(OC[C@@H](C)O)c1. The number of esters is 1. The van der Waals surface area contributed by atoms with Gasteiger partial charge in [0.05, 0.1) is 25.9 Å². The summed E-state index contributed by atoms with van der Waals surface area (Å²) in [5.74, 6) is 0.477. The fraction of sp³-hybridized carbons (Fsp3) is 0.417. The third-order valence-corrected chi connectivity index (χ3v) is 2.03. The fourth-order valence-corrected chi connectivity index (χ4v) is 1.23. The number of aliphatic hydroxyl groups excluding tert-OH is 1. The first-order chi connectivity index (χ1) is 8.06. The molecule has 0 bridgehead atoms. The Bertz CT molecular complexity index is 386. The summed E-state index contributed by atoms with van der Waals surface area (Å²) in [5, 5.41) is 9.12. The van der Waals surface area contributed by atoms with Crippen LogP contribution in [0.4, 0.5) is 0 Å². The minimum absolute atomic E-state index is 0.147. The first-order valence-corrected chi connectivity index (χ1v) is 5.15. The molecule has 5 heteroatoms. The second-order valence-corrected chi connectivity index (χ2v) is 3.55. The van der Waals surface area contributed by atoms with Gasteiger partial charge in [0, 0.05) is 6.07 Å². The van der Waals surface area contributed by atoms with Crippen LogP contribution in [-0.2, 0) is 4.74 Å². The van der Waals surface area contributed by atoms with Crippen LogP contribution in [0.1, 0.15) is 17.3 Å². The molecule has 1 N–H and O–H groups in total. The molecule has 0 saturated heterocycles. The minimum atomic E-state index is -0.581. The highest BCUT2D eigenvalue weighted by Gasteiger charge is 2.10. The molecule has 0 aliphatic carbocycles. The molecule has 1 rings (SSSR count). The maximum absolute atomic E-state index is 11.4. The predicted octanol–water partition coefficient (Wildman–Crippen LogP) is 1.24. The molecular formula is C12H16O5. The molecular weight excluding hydrogens is 224 g/mol. The van der Waals surface area contributed by atoms with Crippen LogP contribution in [0.25, 0.3) is 0 Å². The van der Waals surface area contributed by atoms with Crippen LogP contribution < -0.4 is 9.47 Å². The summed E-state index contributed by atoms with van der Waals surface area (Å²) in [4.78, 5) is 11.4. The second kappa shape index (κ2) is 6.10. The van der Waals surface area contributed by atoms with E-state index in [0.717, 1.165) is 0 Å². The van der Waals surface area contributed by atoms with E-state index in [9.17, 15) is 4.79 Å². The van der Waals surface area contributed by atoms with Crippen molar-refractivity contribution < 1.29 is 24.1 Å². The van der Waals surface area contributed by atoms with Crippen molar-refractivity contribution in [2.45, 2.75) is 13.0 Å². The van der Waals surface area contributed by atoms with Gasteiger partial charge in [-0.1, -0.05) is 0 Å². The topological polar surface area (TPSA) is 65.0 Å². The number of hydrogen-bond acceptors (Lipinski definition) is 5. The van der Waals surface area contributed by atoms with Crippen molar-refractivity contribution in [3.05, 3.63) is 23.8 Å². The van der Waals surface area contributed by atoms with E-state index in [2.05, 4.69) is 4.74 Å². The number of ether oxygens (including phenoxy) is 3. The second-order valence-electron chi connectivity index (χ2n) is 3.55. The highest BCUT2D eigenvalue weighted by molar-refractivity contribution is 5.90. The van der Waals surface area contributed by atoms with Gasteiger partial charge in [-0.25, -0.2) is 4.79 Å². The third kappa shape index (κ3) is 3.96. The summed E-state index contributed by atoms with van der Waals surface area (Å²) in [6, 6.07) is 4.73. The van der Waals surface area contributed by atoms with Gasteiger partial charge < -0.3 is 19.3 Å². The molecule has 1 aromatic rings. The lowest BCUT2D eigenvalue weighted by Crippen LogP contribution is -2.13. The van der Waals surface area contributed by atoms with Crippen molar-refractivity contribution in [3.63, 3.8) is 0 Å². The Kier molecular flexibility index (Phi) is 4.78. The van der Waals surface area contributed by atoms with Crippen molar-refractivity contribution in [3.8, 4) is 11.5 Å². The monoisotopic (exact) mass is 240 g/mol. The van der Waals surface area contributed by atoms with Crippen LogP contribution in [0.2, 0.25) is 0 Å². The number of benzene rings is 1. The zero-order chi connectivity index (χ0) is 12.8. The molecule has 0 unspecified atom stereocenters. The molecule has 0 aliphatic rings. The minimum Gasteiger partial charge on any atom is -0.497 e. The van der Waals surface area contributed by atoms with Crippen molar-refractivity contribution in [2.24, 2.45) is 0 Å². The number of carbonyl (C=O) groups excluding carboxylic acids is 1. The van der Waals surface area contributed by atoms with Crippen LogP contribution in [0.15, 0.2) is 18.2 Å². The zero-order valence-corrected chi connectivity index (χ0v) is 10.1. The van der Waals surface area contributed by atoms with Gasteiger partial charge in [0.15, 0.2) is 0 Å². The van der Waals surface area contributed by atoms with Crippen LogP contribution in [0.3, 0.4) is 0 Å². The van der Waals surface area contributed by atoms with Gasteiger partial charge in [-0.3, -0.25) is 0 Å². The van der Waals surface area contributed by atoms with E-state index in [1.165, 1.54) is 20.3 Å². The quantitative estimate of drug-likeness (QED) is 0.784.